The van der Waals surface area contributed by atoms with E-state index in [9.17, 15) is 13.8 Å². The molecule has 0 saturated heterocycles. The summed E-state index contributed by atoms with van der Waals surface area (Å²) in [6.45, 7) is 3.18. The van der Waals surface area contributed by atoms with Crippen molar-refractivity contribution in [3.63, 3.8) is 0 Å². The molecule has 1 atom stereocenters. The van der Waals surface area contributed by atoms with Gasteiger partial charge in [-0.25, -0.2) is 0 Å². The molecule has 4 rings (SSSR count). The number of nitrogens with one attached hydrogen (secondary N) is 1. The van der Waals surface area contributed by atoms with Crippen LogP contribution in [0.1, 0.15) is 36.7 Å². The lowest BCUT2D eigenvalue weighted by molar-refractivity contribution is 0.0735. The summed E-state index contributed by atoms with van der Waals surface area (Å²) < 4.78 is 11.5. The average molecular weight is 439 g/mol. The minimum Gasteiger partial charge on any atom is -0.334 e. The van der Waals surface area contributed by atoms with E-state index in [1.807, 2.05) is 17.9 Å². The SMILES string of the molecule is Cc1c(NC(=O)c2ccc(S(C)=O)cc2)cccc1C(=O)N1CCc2sccc2C1. The molecule has 0 bridgehead atoms. The standard InChI is InChI=1S/C23H22N2O3S2/c1-15-19(23(27)25-12-10-21-17(14-25)11-13-29-21)4-3-5-20(15)24-22(26)16-6-8-18(9-7-16)30(2)28/h3-9,11,13H,10,12,14H2,1-2H3,(H,24,26). The van der Waals surface area contributed by atoms with Gasteiger partial charge in [-0.15, -0.1) is 11.3 Å². The molecule has 1 unspecified atom stereocenters. The molecule has 3 aromatic rings. The Balaban J connectivity index is 1.52. The molecule has 30 heavy (non-hydrogen) atoms. The van der Waals surface area contributed by atoms with Crippen LogP contribution in [0.25, 0.3) is 0 Å². The highest BCUT2D eigenvalue weighted by atomic mass is 32.2. The molecule has 5 nitrogen and oxygen atoms in total. The van der Waals surface area contributed by atoms with Gasteiger partial charge in [0.1, 0.15) is 0 Å². The number of carbonyl (C=O) groups excluding carboxylic acids is 2. The fourth-order valence-electron chi connectivity index (χ4n) is 3.59. The molecule has 0 fully saturated rings. The molecule has 1 aliphatic rings. The number of thiophene rings is 1. The van der Waals surface area contributed by atoms with Crippen molar-refractivity contribution in [3.05, 3.63) is 81.0 Å². The van der Waals surface area contributed by atoms with Crippen LogP contribution in [-0.4, -0.2) is 33.7 Å². The number of hydrogen-bond acceptors (Lipinski definition) is 4. The quantitative estimate of drug-likeness (QED) is 0.662. The van der Waals surface area contributed by atoms with E-state index in [-0.39, 0.29) is 11.8 Å². The first-order valence-electron chi connectivity index (χ1n) is 9.63. The molecule has 2 amide bonds. The summed E-state index contributed by atoms with van der Waals surface area (Å²) in [4.78, 5) is 29.7. The van der Waals surface area contributed by atoms with Crippen molar-refractivity contribution in [1.29, 1.82) is 0 Å². The first-order chi connectivity index (χ1) is 14.4. The molecule has 1 aromatic heterocycles. The van der Waals surface area contributed by atoms with Gasteiger partial charge in [-0.1, -0.05) is 6.07 Å². The van der Waals surface area contributed by atoms with Crippen LogP contribution in [0.4, 0.5) is 5.69 Å². The summed E-state index contributed by atoms with van der Waals surface area (Å²) in [5, 5.41) is 4.98. The monoisotopic (exact) mass is 438 g/mol. The molecule has 1 N–H and O–H groups in total. The van der Waals surface area contributed by atoms with Gasteiger partial charge < -0.3 is 10.2 Å². The van der Waals surface area contributed by atoms with Crippen LogP contribution in [0.3, 0.4) is 0 Å². The summed E-state index contributed by atoms with van der Waals surface area (Å²) in [6, 6.07) is 14.2. The normalized spacial score (nSPS) is 14.1. The summed E-state index contributed by atoms with van der Waals surface area (Å²) in [5.41, 5.74) is 3.66. The maximum atomic E-state index is 13.1. The van der Waals surface area contributed by atoms with Crippen molar-refractivity contribution in [3.8, 4) is 0 Å². The predicted octanol–water partition coefficient (Wildman–Crippen LogP) is 4.24. The number of benzene rings is 2. The van der Waals surface area contributed by atoms with E-state index in [0.717, 1.165) is 12.0 Å². The van der Waals surface area contributed by atoms with Gasteiger partial charge in [0.2, 0.25) is 0 Å². The van der Waals surface area contributed by atoms with Crippen LogP contribution in [-0.2, 0) is 23.8 Å². The molecule has 1 aliphatic heterocycles. The molecular formula is C23H22N2O3S2. The van der Waals surface area contributed by atoms with Gasteiger partial charge in [0.25, 0.3) is 11.8 Å². The van der Waals surface area contributed by atoms with Crippen LogP contribution in [0.2, 0.25) is 0 Å². The molecule has 7 heteroatoms. The summed E-state index contributed by atoms with van der Waals surface area (Å²) in [6.07, 6.45) is 2.48. The van der Waals surface area contributed by atoms with E-state index in [1.54, 1.807) is 54.0 Å². The smallest absolute Gasteiger partial charge is 0.255 e. The molecule has 154 valence electrons. The Bertz CT molecular complexity index is 1140. The zero-order valence-electron chi connectivity index (χ0n) is 16.8. The van der Waals surface area contributed by atoms with Crippen molar-refractivity contribution < 1.29 is 13.8 Å². The van der Waals surface area contributed by atoms with Crippen molar-refractivity contribution >= 4 is 39.6 Å². The highest BCUT2D eigenvalue weighted by molar-refractivity contribution is 7.84. The molecule has 0 saturated carbocycles. The molecular weight excluding hydrogens is 416 g/mol. The zero-order valence-corrected chi connectivity index (χ0v) is 18.4. The Hall–Kier alpha value is -2.77. The number of amides is 2. The Kier molecular flexibility index (Phi) is 5.83. The molecule has 2 aromatic carbocycles. The third-order valence-corrected chi connectivity index (χ3v) is 7.31. The largest absolute Gasteiger partial charge is 0.334 e. The van der Waals surface area contributed by atoms with E-state index in [4.69, 9.17) is 0 Å². The second-order valence-electron chi connectivity index (χ2n) is 7.26. The number of nitrogens with zero attached hydrogens (tertiary/aromatic N) is 1. The molecule has 2 heterocycles. The van der Waals surface area contributed by atoms with E-state index < -0.39 is 10.8 Å². The Morgan fingerprint density at radius 3 is 2.60 bits per heavy atom. The van der Waals surface area contributed by atoms with E-state index in [0.29, 0.717) is 34.8 Å². The van der Waals surface area contributed by atoms with Gasteiger partial charge in [0.05, 0.1) is 0 Å². The average Bonchev–Trinajstić information content (AvgIpc) is 3.22. The van der Waals surface area contributed by atoms with Crippen LogP contribution >= 0.6 is 11.3 Å². The van der Waals surface area contributed by atoms with Crippen molar-refractivity contribution in [2.45, 2.75) is 24.8 Å². The summed E-state index contributed by atoms with van der Waals surface area (Å²) in [7, 11) is -1.09. The van der Waals surface area contributed by atoms with E-state index in [1.165, 1.54) is 10.4 Å². The Labute approximate surface area is 182 Å². The number of fused-ring (bicyclic) bond motifs is 1. The van der Waals surface area contributed by atoms with Gasteiger partial charge in [0.15, 0.2) is 0 Å². The summed E-state index contributed by atoms with van der Waals surface area (Å²) in [5.74, 6) is -0.285. The van der Waals surface area contributed by atoms with Gasteiger partial charge in [-0.05, 0) is 72.3 Å². The molecule has 0 aliphatic carbocycles. The number of rotatable bonds is 4. The van der Waals surface area contributed by atoms with Crippen molar-refractivity contribution in [2.24, 2.45) is 0 Å². The third kappa shape index (κ3) is 4.08. The van der Waals surface area contributed by atoms with Gasteiger partial charge in [-0.3, -0.25) is 13.8 Å². The first kappa shape index (κ1) is 20.5. The lowest BCUT2D eigenvalue weighted by atomic mass is 10.0. The number of hydrogen-bond donors (Lipinski definition) is 1. The van der Waals surface area contributed by atoms with E-state index in [2.05, 4.69) is 16.8 Å². The maximum Gasteiger partial charge on any atom is 0.255 e. The minimum absolute atomic E-state index is 0.0183. The van der Waals surface area contributed by atoms with Crippen LogP contribution in [0.15, 0.2) is 58.8 Å². The van der Waals surface area contributed by atoms with Crippen molar-refractivity contribution in [1.82, 2.24) is 4.90 Å². The summed E-state index contributed by atoms with van der Waals surface area (Å²) >= 11 is 1.75. The lowest BCUT2D eigenvalue weighted by Gasteiger charge is -2.28. The van der Waals surface area contributed by atoms with Gasteiger partial charge in [0, 0.05) is 56.7 Å². The fourth-order valence-corrected chi connectivity index (χ4v) is 5.00. The fraction of sp³-hybridized carbons (Fsp3) is 0.217. The van der Waals surface area contributed by atoms with Gasteiger partial charge >= 0.3 is 0 Å². The Morgan fingerprint density at radius 1 is 1.10 bits per heavy atom. The van der Waals surface area contributed by atoms with Crippen LogP contribution in [0, 0.1) is 6.92 Å². The highest BCUT2D eigenvalue weighted by Crippen LogP contribution is 2.27. The van der Waals surface area contributed by atoms with Gasteiger partial charge in [-0.2, -0.15) is 0 Å². The minimum atomic E-state index is -1.09. The second kappa shape index (κ2) is 8.53. The highest BCUT2D eigenvalue weighted by Gasteiger charge is 2.24. The number of carbonyl (C=O) groups is 2. The third-order valence-electron chi connectivity index (χ3n) is 5.36. The number of anilines is 1. The molecule has 0 spiro atoms. The maximum absolute atomic E-state index is 13.1. The van der Waals surface area contributed by atoms with E-state index >= 15 is 0 Å². The predicted molar refractivity (Wildman–Crippen MR) is 121 cm³/mol. The van der Waals surface area contributed by atoms with Crippen molar-refractivity contribution in [2.75, 3.05) is 18.1 Å². The Morgan fingerprint density at radius 2 is 1.87 bits per heavy atom. The molecule has 0 radical (unpaired) electrons. The second-order valence-corrected chi connectivity index (χ2v) is 9.64. The lowest BCUT2D eigenvalue weighted by Crippen LogP contribution is -2.35. The zero-order chi connectivity index (χ0) is 21.3. The first-order valence-corrected chi connectivity index (χ1v) is 12.1. The van der Waals surface area contributed by atoms with Crippen LogP contribution < -0.4 is 5.32 Å². The van der Waals surface area contributed by atoms with Crippen LogP contribution in [0.5, 0.6) is 0 Å². The topological polar surface area (TPSA) is 66.5 Å².